The van der Waals surface area contributed by atoms with Gasteiger partial charge in [0.25, 0.3) is 0 Å². The van der Waals surface area contributed by atoms with E-state index in [1.807, 2.05) is 67.9 Å². The molecule has 0 saturated heterocycles. The predicted octanol–water partition coefficient (Wildman–Crippen LogP) is 3.60. The van der Waals surface area contributed by atoms with Gasteiger partial charge in [-0.15, -0.1) is 0 Å². The average Bonchev–Trinajstić information content (AvgIpc) is 3.20. The topological polar surface area (TPSA) is 71.9 Å². The van der Waals surface area contributed by atoms with E-state index in [1.54, 1.807) is 0 Å². The predicted molar refractivity (Wildman–Crippen MR) is 96.2 cm³/mol. The Labute approximate surface area is 145 Å². The van der Waals surface area contributed by atoms with E-state index in [9.17, 15) is 4.79 Å². The molecule has 128 valence electrons. The van der Waals surface area contributed by atoms with Gasteiger partial charge in [-0.3, -0.25) is 4.57 Å². The second-order valence-electron chi connectivity index (χ2n) is 6.44. The quantitative estimate of drug-likeness (QED) is 0.717. The van der Waals surface area contributed by atoms with Crippen LogP contribution in [0.2, 0.25) is 0 Å². The Bertz CT molecular complexity index is 967. The lowest BCUT2D eigenvalue weighted by atomic mass is 9.99. The zero-order valence-corrected chi connectivity index (χ0v) is 14.4. The Kier molecular flexibility index (Phi) is 3.60. The van der Waals surface area contributed by atoms with Gasteiger partial charge in [-0.2, -0.15) is 0 Å². The molecule has 1 atom stereocenters. The van der Waals surface area contributed by atoms with Crippen LogP contribution >= 0.6 is 0 Å². The highest BCUT2D eigenvalue weighted by atomic mass is 16.5. The minimum absolute atomic E-state index is 0.182. The Balaban J connectivity index is 1.94. The number of imidazole rings is 1. The van der Waals surface area contributed by atoms with Gasteiger partial charge < -0.3 is 15.0 Å². The van der Waals surface area contributed by atoms with E-state index in [2.05, 4.69) is 15.3 Å². The number of esters is 1. The molecule has 0 fully saturated rings. The smallest absolute Gasteiger partial charge is 0.338 e. The number of aromatic amines is 1. The number of H-pyrrole nitrogens is 1. The molecule has 6 nitrogen and oxygen atoms in total. The lowest BCUT2D eigenvalue weighted by molar-refractivity contribution is -0.143. The number of para-hydroxylation sites is 2. The highest BCUT2D eigenvalue weighted by molar-refractivity contribution is 5.94. The molecular weight excluding hydrogens is 316 g/mol. The summed E-state index contributed by atoms with van der Waals surface area (Å²) in [5.74, 6) is 0.405. The van der Waals surface area contributed by atoms with Gasteiger partial charge >= 0.3 is 5.97 Å². The van der Waals surface area contributed by atoms with E-state index in [1.165, 1.54) is 0 Å². The van der Waals surface area contributed by atoms with Crippen molar-refractivity contribution in [2.75, 3.05) is 5.32 Å². The molecule has 2 aromatic heterocycles. The number of anilines is 1. The van der Waals surface area contributed by atoms with Crippen LogP contribution in [0.1, 0.15) is 32.5 Å². The van der Waals surface area contributed by atoms with Gasteiger partial charge in [-0.05, 0) is 45.0 Å². The summed E-state index contributed by atoms with van der Waals surface area (Å²) < 4.78 is 7.55. The van der Waals surface area contributed by atoms with Crippen LogP contribution in [0.15, 0.2) is 53.9 Å². The van der Waals surface area contributed by atoms with E-state index in [0.717, 1.165) is 28.4 Å². The lowest BCUT2D eigenvalue weighted by Gasteiger charge is -2.29. The largest absolute Gasteiger partial charge is 0.459 e. The van der Waals surface area contributed by atoms with Crippen molar-refractivity contribution in [3.05, 3.63) is 59.6 Å². The maximum atomic E-state index is 12.8. The molecule has 0 spiro atoms. The lowest BCUT2D eigenvalue weighted by Crippen LogP contribution is -2.30. The fourth-order valence-corrected chi connectivity index (χ4v) is 3.31. The molecule has 25 heavy (non-hydrogen) atoms. The summed E-state index contributed by atoms with van der Waals surface area (Å²) in [4.78, 5) is 20.7. The standard InChI is InChI=1S/C19H20N4O2/c1-11(2)25-18(24)16-12(3)21-19-22-13-7-4-5-9-15(13)23(19)17(16)14-8-6-10-20-14/h4-11,17,20H,1-3H3,(H,21,22). The minimum Gasteiger partial charge on any atom is -0.459 e. The number of benzene rings is 1. The molecule has 0 amide bonds. The SMILES string of the molecule is CC1=C(C(=O)OC(C)C)C(c2ccc[nH]2)n2c(nc3ccccc32)N1. The number of aromatic nitrogens is 3. The Hall–Kier alpha value is -3.02. The molecule has 1 aliphatic heterocycles. The zero-order valence-electron chi connectivity index (χ0n) is 14.4. The van der Waals surface area contributed by atoms with Crippen LogP contribution in [0, 0.1) is 0 Å². The second kappa shape index (κ2) is 5.81. The first-order valence-electron chi connectivity index (χ1n) is 8.35. The van der Waals surface area contributed by atoms with Crippen LogP contribution in [0.3, 0.4) is 0 Å². The second-order valence-corrected chi connectivity index (χ2v) is 6.44. The van der Waals surface area contributed by atoms with Gasteiger partial charge in [0, 0.05) is 17.6 Å². The van der Waals surface area contributed by atoms with Gasteiger partial charge in [0.05, 0.1) is 22.7 Å². The zero-order chi connectivity index (χ0) is 17.6. The highest BCUT2D eigenvalue weighted by Crippen LogP contribution is 2.38. The number of fused-ring (bicyclic) bond motifs is 3. The van der Waals surface area contributed by atoms with Crippen LogP contribution in [-0.2, 0) is 9.53 Å². The van der Waals surface area contributed by atoms with Crippen molar-refractivity contribution in [2.24, 2.45) is 0 Å². The average molecular weight is 336 g/mol. The van der Waals surface area contributed by atoms with Crippen molar-refractivity contribution in [3.63, 3.8) is 0 Å². The van der Waals surface area contributed by atoms with Gasteiger partial charge in [0.2, 0.25) is 5.95 Å². The number of hydrogen-bond donors (Lipinski definition) is 2. The summed E-state index contributed by atoms with van der Waals surface area (Å²) >= 11 is 0. The van der Waals surface area contributed by atoms with E-state index in [-0.39, 0.29) is 18.1 Å². The minimum atomic E-state index is -0.317. The number of hydrogen-bond acceptors (Lipinski definition) is 4. The molecule has 1 unspecified atom stereocenters. The number of allylic oxidation sites excluding steroid dienone is 1. The molecule has 1 aromatic carbocycles. The molecule has 4 rings (SSSR count). The van der Waals surface area contributed by atoms with Crippen molar-refractivity contribution in [3.8, 4) is 0 Å². The molecular formula is C19H20N4O2. The number of carbonyl (C=O) groups excluding carboxylic acids is 1. The number of ether oxygens (including phenoxy) is 1. The van der Waals surface area contributed by atoms with Crippen LogP contribution in [0.4, 0.5) is 5.95 Å². The van der Waals surface area contributed by atoms with Crippen LogP contribution in [0.25, 0.3) is 11.0 Å². The Morgan fingerprint density at radius 1 is 1.24 bits per heavy atom. The Morgan fingerprint density at radius 2 is 2.04 bits per heavy atom. The first-order chi connectivity index (χ1) is 12.1. The molecule has 0 bridgehead atoms. The maximum Gasteiger partial charge on any atom is 0.338 e. The molecule has 3 heterocycles. The molecule has 6 heteroatoms. The fourth-order valence-electron chi connectivity index (χ4n) is 3.31. The first kappa shape index (κ1) is 15.5. The molecule has 0 aliphatic carbocycles. The molecule has 1 aliphatic rings. The summed E-state index contributed by atoms with van der Waals surface area (Å²) in [5.41, 5.74) is 4.11. The molecule has 2 N–H and O–H groups in total. The first-order valence-corrected chi connectivity index (χ1v) is 8.35. The summed E-state index contributed by atoms with van der Waals surface area (Å²) in [5, 5.41) is 3.26. The van der Waals surface area contributed by atoms with E-state index < -0.39 is 0 Å². The number of rotatable bonds is 3. The number of nitrogens with zero attached hydrogens (tertiary/aromatic N) is 2. The summed E-state index contributed by atoms with van der Waals surface area (Å²) in [7, 11) is 0. The highest BCUT2D eigenvalue weighted by Gasteiger charge is 2.35. The number of carbonyl (C=O) groups is 1. The van der Waals surface area contributed by atoms with Crippen LogP contribution in [0.5, 0.6) is 0 Å². The summed E-state index contributed by atoms with van der Waals surface area (Å²) in [6, 6.07) is 11.5. The van der Waals surface area contributed by atoms with Crippen LogP contribution < -0.4 is 5.32 Å². The van der Waals surface area contributed by atoms with E-state index in [0.29, 0.717) is 5.57 Å². The normalized spacial score (nSPS) is 16.9. The van der Waals surface area contributed by atoms with Crippen molar-refractivity contribution in [1.29, 1.82) is 0 Å². The molecule has 3 aromatic rings. The van der Waals surface area contributed by atoms with Crippen molar-refractivity contribution < 1.29 is 9.53 Å². The monoisotopic (exact) mass is 336 g/mol. The van der Waals surface area contributed by atoms with Crippen LogP contribution in [-0.4, -0.2) is 26.6 Å². The van der Waals surface area contributed by atoms with Crippen molar-refractivity contribution >= 4 is 23.0 Å². The Morgan fingerprint density at radius 3 is 2.76 bits per heavy atom. The van der Waals surface area contributed by atoms with Gasteiger partial charge in [0.15, 0.2) is 0 Å². The van der Waals surface area contributed by atoms with Crippen molar-refractivity contribution in [1.82, 2.24) is 14.5 Å². The summed E-state index contributed by atoms with van der Waals surface area (Å²) in [6.07, 6.45) is 1.68. The third kappa shape index (κ3) is 2.50. The van der Waals surface area contributed by atoms with Gasteiger partial charge in [-0.25, -0.2) is 9.78 Å². The maximum absolute atomic E-state index is 12.8. The fraction of sp³-hybridized carbons (Fsp3) is 0.263. The third-order valence-electron chi connectivity index (χ3n) is 4.31. The van der Waals surface area contributed by atoms with E-state index in [4.69, 9.17) is 4.74 Å². The van der Waals surface area contributed by atoms with E-state index >= 15 is 0 Å². The van der Waals surface area contributed by atoms with Crippen molar-refractivity contribution in [2.45, 2.75) is 32.9 Å². The van der Waals surface area contributed by atoms with Gasteiger partial charge in [0.1, 0.15) is 6.04 Å². The molecule has 0 radical (unpaired) electrons. The number of nitrogens with one attached hydrogen (secondary N) is 2. The molecule has 0 saturated carbocycles. The summed E-state index contributed by atoms with van der Waals surface area (Å²) in [6.45, 7) is 5.59. The van der Waals surface area contributed by atoms with Gasteiger partial charge in [-0.1, -0.05) is 12.1 Å². The third-order valence-corrected chi connectivity index (χ3v) is 4.31.